The van der Waals surface area contributed by atoms with Gasteiger partial charge in [-0.2, -0.15) is 9.61 Å². The van der Waals surface area contributed by atoms with Gasteiger partial charge in [0.2, 0.25) is 0 Å². The maximum atomic E-state index is 14.1. The van der Waals surface area contributed by atoms with E-state index in [1.54, 1.807) is 0 Å². The third-order valence-electron chi connectivity index (χ3n) is 4.21. The number of halogens is 3. The van der Waals surface area contributed by atoms with Crippen molar-refractivity contribution in [1.29, 1.82) is 0 Å². The highest BCUT2D eigenvalue weighted by atomic mass is 35.5. The van der Waals surface area contributed by atoms with Crippen molar-refractivity contribution in [1.82, 2.24) is 19.6 Å². The molecule has 6 nitrogen and oxygen atoms in total. The molecule has 0 aliphatic heterocycles. The fraction of sp³-hybridized carbons (Fsp3) is 0.267. The summed E-state index contributed by atoms with van der Waals surface area (Å²) in [6.07, 6.45) is 2.35. The highest BCUT2D eigenvalue weighted by Crippen LogP contribution is 2.38. The van der Waals surface area contributed by atoms with Crippen molar-refractivity contribution < 1.29 is 8.78 Å². The van der Waals surface area contributed by atoms with Crippen LogP contribution in [0.3, 0.4) is 0 Å². The van der Waals surface area contributed by atoms with Crippen LogP contribution in [0, 0.1) is 11.6 Å². The fourth-order valence-corrected chi connectivity index (χ4v) is 3.22. The maximum Gasteiger partial charge on any atom is 0.178 e. The third kappa shape index (κ3) is 2.18. The highest BCUT2D eigenvalue weighted by Gasteiger charge is 2.44. The Balaban J connectivity index is 2.00. The Bertz CT molecular complexity index is 930. The molecule has 2 aromatic heterocycles. The molecule has 3 aromatic rings. The molecule has 0 amide bonds. The van der Waals surface area contributed by atoms with Crippen LogP contribution in [-0.4, -0.2) is 25.6 Å². The normalized spacial score (nSPS) is 23.5. The van der Waals surface area contributed by atoms with E-state index in [-0.39, 0.29) is 28.1 Å². The lowest BCUT2D eigenvalue weighted by molar-refractivity contribution is 0.194. The van der Waals surface area contributed by atoms with E-state index < -0.39 is 17.2 Å². The van der Waals surface area contributed by atoms with Crippen LogP contribution in [0.2, 0.25) is 5.02 Å². The van der Waals surface area contributed by atoms with Crippen molar-refractivity contribution in [2.45, 2.75) is 24.4 Å². The van der Waals surface area contributed by atoms with E-state index in [1.807, 2.05) is 0 Å². The van der Waals surface area contributed by atoms with Gasteiger partial charge in [-0.1, -0.05) is 17.7 Å². The molecule has 1 aromatic carbocycles. The molecule has 1 saturated carbocycles. The first-order valence-electron chi connectivity index (χ1n) is 7.30. The summed E-state index contributed by atoms with van der Waals surface area (Å²) in [4.78, 5) is 8.47. The number of nitrogens with zero attached hydrogens (tertiary/aromatic N) is 4. The minimum atomic E-state index is -0.841. The second kappa shape index (κ2) is 5.17. The quantitative estimate of drug-likeness (QED) is 0.737. The molecular formula is C15H13ClF2N6. The molecule has 0 radical (unpaired) electrons. The van der Waals surface area contributed by atoms with Crippen LogP contribution < -0.4 is 11.5 Å². The zero-order chi connectivity index (χ0) is 17.1. The largest absolute Gasteiger partial charge is 0.328 e. The lowest BCUT2D eigenvalue weighted by Gasteiger charge is -2.42. The summed E-state index contributed by atoms with van der Waals surface area (Å²) >= 11 is 6.10. The standard InChI is InChI=1S/C15H13ClF2N6/c16-8-6-21-24-13(8)22-12(11-9(17)2-1-3-10(11)18)23-14(24)15(20)4-7(19)5-15/h1-3,6-7H,4-5,19-20H2. The van der Waals surface area contributed by atoms with E-state index in [9.17, 15) is 8.78 Å². The Morgan fingerprint density at radius 3 is 2.50 bits per heavy atom. The monoisotopic (exact) mass is 350 g/mol. The van der Waals surface area contributed by atoms with E-state index in [0.717, 1.165) is 12.1 Å². The molecule has 0 saturated heterocycles. The summed E-state index contributed by atoms with van der Waals surface area (Å²) in [5.74, 6) is -1.32. The summed E-state index contributed by atoms with van der Waals surface area (Å²) in [7, 11) is 0. The van der Waals surface area contributed by atoms with Gasteiger partial charge in [0, 0.05) is 6.04 Å². The Hall–Kier alpha value is -2.16. The van der Waals surface area contributed by atoms with Gasteiger partial charge in [0.05, 0.1) is 17.3 Å². The van der Waals surface area contributed by atoms with Crippen LogP contribution in [0.1, 0.15) is 18.7 Å². The maximum absolute atomic E-state index is 14.1. The SMILES string of the molecule is NC1CC(N)(c2nc(-c3c(F)cccc3F)nc3c(Cl)cnn23)C1. The molecule has 24 heavy (non-hydrogen) atoms. The highest BCUT2D eigenvalue weighted by molar-refractivity contribution is 6.33. The molecule has 4 rings (SSSR count). The molecule has 124 valence electrons. The molecule has 1 aliphatic rings. The number of hydrogen-bond donors (Lipinski definition) is 2. The zero-order valence-electron chi connectivity index (χ0n) is 12.4. The number of fused-ring (bicyclic) bond motifs is 1. The lowest BCUT2D eigenvalue weighted by atomic mass is 9.73. The molecule has 1 aliphatic carbocycles. The van der Waals surface area contributed by atoms with Gasteiger partial charge >= 0.3 is 0 Å². The fourth-order valence-electron chi connectivity index (χ4n) is 3.05. The van der Waals surface area contributed by atoms with Crippen LogP contribution in [0.5, 0.6) is 0 Å². The van der Waals surface area contributed by atoms with Gasteiger partial charge in [0.25, 0.3) is 0 Å². The van der Waals surface area contributed by atoms with E-state index in [2.05, 4.69) is 15.1 Å². The number of benzene rings is 1. The van der Waals surface area contributed by atoms with Gasteiger partial charge in [-0.25, -0.2) is 18.7 Å². The van der Waals surface area contributed by atoms with Crippen molar-refractivity contribution in [3.63, 3.8) is 0 Å². The lowest BCUT2D eigenvalue weighted by Crippen LogP contribution is -2.56. The molecule has 0 bridgehead atoms. The molecule has 2 heterocycles. The average Bonchev–Trinajstić information content (AvgIpc) is 2.86. The van der Waals surface area contributed by atoms with Crippen molar-refractivity contribution in [3.05, 3.63) is 46.9 Å². The summed E-state index contributed by atoms with van der Waals surface area (Å²) < 4.78 is 29.6. The van der Waals surface area contributed by atoms with E-state index in [1.165, 1.54) is 16.8 Å². The van der Waals surface area contributed by atoms with Crippen LogP contribution in [0.15, 0.2) is 24.4 Å². The van der Waals surface area contributed by atoms with Crippen molar-refractivity contribution in [2.75, 3.05) is 0 Å². The van der Waals surface area contributed by atoms with Crippen molar-refractivity contribution in [2.24, 2.45) is 11.5 Å². The van der Waals surface area contributed by atoms with Gasteiger partial charge in [0.1, 0.15) is 16.7 Å². The predicted molar refractivity (Wildman–Crippen MR) is 84.2 cm³/mol. The van der Waals surface area contributed by atoms with Crippen LogP contribution in [-0.2, 0) is 5.54 Å². The summed E-state index contributed by atoms with van der Waals surface area (Å²) in [6.45, 7) is 0. The van der Waals surface area contributed by atoms with Gasteiger partial charge in [-0.05, 0) is 25.0 Å². The Morgan fingerprint density at radius 1 is 1.21 bits per heavy atom. The molecule has 1 fully saturated rings. The first-order valence-corrected chi connectivity index (χ1v) is 7.67. The minimum Gasteiger partial charge on any atom is -0.328 e. The number of aromatic nitrogens is 4. The molecule has 0 atom stereocenters. The summed E-state index contributed by atoms with van der Waals surface area (Å²) in [5, 5.41) is 4.36. The van der Waals surface area contributed by atoms with Gasteiger partial charge in [-0.15, -0.1) is 0 Å². The van der Waals surface area contributed by atoms with Crippen molar-refractivity contribution in [3.8, 4) is 11.4 Å². The first-order chi connectivity index (χ1) is 11.4. The number of hydrogen-bond acceptors (Lipinski definition) is 5. The predicted octanol–water partition coefficient (Wildman–Crippen LogP) is 2.00. The third-order valence-corrected chi connectivity index (χ3v) is 4.48. The molecule has 0 unspecified atom stereocenters. The Kier molecular flexibility index (Phi) is 3.31. The second-order valence-electron chi connectivity index (χ2n) is 6.02. The molecule has 9 heteroatoms. The topological polar surface area (TPSA) is 95.1 Å². The molecule has 0 spiro atoms. The first kappa shape index (κ1) is 15.4. The van der Waals surface area contributed by atoms with E-state index >= 15 is 0 Å². The smallest absolute Gasteiger partial charge is 0.178 e. The molecule has 4 N–H and O–H groups in total. The van der Waals surface area contributed by atoms with Crippen LogP contribution in [0.4, 0.5) is 8.78 Å². The number of nitrogens with two attached hydrogens (primary N) is 2. The van der Waals surface area contributed by atoms with Crippen molar-refractivity contribution >= 4 is 17.2 Å². The van der Waals surface area contributed by atoms with Crippen LogP contribution >= 0.6 is 11.6 Å². The van der Waals surface area contributed by atoms with Crippen LogP contribution in [0.25, 0.3) is 17.0 Å². The van der Waals surface area contributed by atoms with E-state index in [4.69, 9.17) is 23.1 Å². The Labute approximate surface area is 140 Å². The zero-order valence-corrected chi connectivity index (χ0v) is 13.1. The molecular weight excluding hydrogens is 338 g/mol. The van der Waals surface area contributed by atoms with Gasteiger partial charge < -0.3 is 11.5 Å². The van der Waals surface area contributed by atoms with Gasteiger partial charge in [0.15, 0.2) is 17.3 Å². The Morgan fingerprint density at radius 2 is 1.88 bits per heavy atom. The minimum absolute atomic E-state index is 0.0558. The van der Waals surface area contributed by atoms with Gasteiger partial charge in [-0.3, -0.25) is 0 Å². The summed E-state index contributed by atoms with van der Waals surface area (Å²) in [6, 6.07) is 3.50. The second-order valence-corrected chi connectivity index (χ2v) is 6.43. The number of rotatable bonds is 2. The summed E-state index contributed by atoms with van der Waals surface area (Å²) in [5.41, 5.74) is 11.3. The van der Waals surface area contributed by atoms with E-state index in [0.29, 0.717) is 18.7 Å². The average molecular weight is 351 g/mol.